The van der Waals surface area contributed by atoms with Gasteiger partial charge in [0.05, 0.1) is 5.70 Å². The van der Waals surface area contributed by atoms with Gasteiger partial charge in [0.2, 0.25) is 0 Å². The molecule has 0 saturated carbocycles. The Morgan fingerprint density at radius 1 is 1.27 bits per heavy atom. The van der Waals surface area contributed by atoms with Gasteiger partial charge in [-0.3, -0.25) is 0 Å². The van der Waals surface area contributed by atoms with E-state index < -0.39 is 0 Å². The number of rotatable bonds is 3. The lowest BCUT2D eigenvalue weighted by Crippen LogP contribution is -2.18. The van der Waals surface area contributed by atoms with Crippen LogP contribution in [0.4, 0.5) is 0 Å². The van der Waals surface area contributed by atoms with E-state index >= 15 is 0 Å². The summed E-state index contributed by atoms with van der Waals surface area (Å²) < 4.78 is 5.76. The number of allylic oxidation sites excluding steroid dienone is 1. The van der Waals surface area contributed by atoms with Crippen LogP contribution < -0.4 is 4.74 Å². The SMILES string of the molecule is O=NC1=CCC(Oc2ccccc2)CC1. The maximum Gasteiger partial charge on any atom is 0.119 e. The molecule has 0 spiro atoms. The van der Waals surface area contributed by atoms with Crippen LogP contribution in [0.3, 0.4) is 0 Å². The van der Waals surface area contributed by atoms with Gasteiger partial charge >= 0.3 is 0 Å². The second-order valence-corrected chi connectivity index (χ2v) is 3.61. The number of nitroso groups, excluding NO2 is 1. The van der Waals surface area contributed by atoms with Gasteiger partial charge in [0, 0.05) is 6.42 Å². The van der Waals surface area contributed by atoms with Crippen molar-refractivity contribution < 1.29 is 4.74 Å². The summed E-state index contributed by atoms with van der Waals surface area (Å²) in [6.07, 6.45) is 4.41. The number of ether oxygens (including phenoxy) is 1. The van der Waals surface area contributed by atoms with Crippen molar-refractivity contribution in [1.82, 2.24) is 0 Å². The fourth-order valence-corrected chi connectivity index (χ4v) is 1.68. The Kier molecular flexibility index (Phi) is 3.12. The lowest BCUT2D eigenvalue weighted by molar-refractivity contribution is 0.188. The van der Waals surface area contributed by atoms with Crippen LogP contribution >= 0.6 is 0 Å². The summed E-state index contributed by atoms with van der Waals surface area (Å²) in [7, 11) is 0. The normalized spacial score (nSPS) is 20.5. The van der Waals surface area contributed by atoms with Gasteiger partial charge in [-0.15, -0.1) is 4.91 Å². The van der Waals surface area contributed by atoms with Crippen LogP contribution in [0.5, 0.6) is 5.75 Å². The van der Waals surface area contributed by atoms with Crippen molar-refractivity contribution in [2.24, 2.45) is 5.18 Å². The molecule has 0 aliphatic heterocycles. The van der Waals surface area contributed by atoms with Crippen molar-refractivity contribution in [2.75, 3.05) is 0 Å². The molecule has 3 nitrogen and oxygen atoms in total. The quantitative estimate of drug-likeness (QED) is 0.707. The fourth-order valence-electron chi connectivity index (χ4n) is 1.68. The van der Waals surface area contributed by atoms with Crippen molar-refractivity contribution in [2.45, 2.75) is 25.4 Å². The first-order valence-corrected chi connectivity index (χ1v) is 5.12. The minimum absolute atomic E-state index is 0.179. The van der Waals surface area contributed by atoms with E-state index in [1.54, 1.807) is 0 Å². The van der Waals surface area contributed by atoms with E-state index in [9.17, 15) is 4.91 Å². The molecule has 2 rings (SSSR count). The second-order valence-electron chi connectivity index (χ2n) is 3.61. The highest BCUT2D eigenvalue weighted by molar-refractivity contribution is 5.21. The van der Waals surface area contributed by atoms with Gasteiger partial charge in [-0.05, 0) is 30.2 Å². The Hall–Kier alpha value is -1.64. The lowest BCUT2D eigenvalue weighted by Gasteiger charge is -2.20. The third-order valence-electron chi connectivity index (χ3n) is 2.50. The molecule has 1 atom stereocenters. The van der Waals surface area contributed by atoms with Crippen molar-refractivity contribution in [3.63, 3.8) is 0 Å². The van der Waals surface area contributed by atoms with Gasteiger partial charge in [-0.25, -0.2) is 0 Å². The van der Waals surface area contributed by atoms with Crippen molar-refractivity contribution >= 4 is 0 Å². The average Bonchev–Trinajstić information content (AvgIpc) is 2.31. The van der Waals surface area contributed by atoms with Gasteiger partial charge in [0.25, 0.3) is 0 Å². The fraction of sp³-hybridized carbons (Fsp3) is 0.333. The molecule has 0 aromatic heterocycles. The van der Waals surface area contributed by atoms with Crippen LogP contribution in [0, 0.1) is 4.91 Å². The van der Waals surface area contributed by atoms with E-state index in [2.05, 4.69) is 5.18 Å². The molecule has 0 amide bonds. The molecule has 15 heavy (non-hydrogen) atoms. The molecule has 1 aliphatic carbocycles. The van der Waals surface area contributed by atoms with Crippen LogP contribution in [0.2, 0.25) is 0 Å². The monoisotopic (exact) mass is 203 g/mol. The predicted octanol–water partition coefficient (Wildman–Crippen LogP) is 3.27. The average molecular weight is 203 g/mol. The summed E-state index contributed by atoms with van der Waals surface area (Å²) in [5, 5.41) is 2.94. The summed E-state index contributed by atoms with van der Waals surface area (Å²) in [5.74, 6) is 0.887. The van der Waals surface area contributed by atoms with E-state index in [1.165, 1.54) is 0 Å². The first kappa shape index (κ1) is 9.90. The van der Waals surface area contributed by atoms with Crippen molar-refractivity contribution in [1.29, 1.82) is 0 Å². The van der Waals surface area contributed by atoms with Crippen LogP contribution in [-0.2, 0) is 0 Å². The molecule has 0 radical (unpaired) electrons. The van der Waals surface area contributed by atoms with Crippen LogP contribution in [-0.4, -0.2) is 6.10 Å². The number of hydrogen-bond acceptors (Lipinski definition) is 3. The zero-order valence-corrected chi connectivity index (χ0v) is 8.43. The van der Waals surface area contributed by atoms with Gasteiger partial charge in [0.15, 0.2) is 0 Å². The summed E-state index contributed by atoms with van der Waals surface area (Å²) in [6.45, 7) is 0. The summed E-state index contributed by atoms with van der Waals surface area (Å²) in [5.41, 5.74) is 0.655. The molecule has 0 N–H and O–H groups in total. The molecule has 0 bridgehead atoms. The van der Waals surface area contributed by atoms with Crippen LogP contribution in [0.15, 0.2) is 47.3 Å². The zero-order chi connectivity index (χ0) is 10.5. The zero-order valence-electron chi connectivity index (χ0n) is 8.43. The van der Waals surface area contributed by atoms with Gasteiger partial charge < -0.3 is 4.74 Å². The Morgan fingerprint density at radius 3 is 2.67 bits per heavy atom. The maximum atomic E-state index is 10.3. The second kappa shape index (κ2) is 4.73. The molecule has 78 valence electrons. The highest BCUT2D eigenvalue weighted by Gasteiger charge is 2.15. The van der Waals surface area contributed by atoms with E-state index in [1.807, 2.05) is 36.4 Å². The summed E-state index contributed by atoms with van der Waals surface area (Å²) >= 11 is 0. The molecule has 1 aromatic carbocycles. The predicted molar refractivity (Wildman–Crippen MR) is 58.6 cm³/mol. The Labute approximate surface area is 88.7 Å². The van der Waals surface area contributed by atoms with Crippen LogP contribution in [0.1, 0.15) is 19.3 Å². The molecule has 1 aromatic rings. The molecule has 0 heterocycles. The first-order chi connectivity index (χ1) is 7.38. The largest absolute Gasteiger partial charge is 0.490 e. The molecule has 1 aliphatic rings. The van der Waals surface area contributed by atoms with Crippen LogP contribution in [0.25, 0.3) is 0 Å². The highest BCUT2D eigenvalue weighted by atomic mass is 16.5. The molecule has 3 heteroatoms. The van der Waals surface area contributed by atoms with E-state index in [-0.39, 0.29) is 6.10 Å². The van der Waals surface area contributed by atoms with Crippen molar-refractivity contribution in [3.8, 4) is 5.75 Å². The number of hydrogen-bond donors (Lipinski definition) is 0. The van der Waals surface area contributed by atoms with E-state index in [4.69, 9.17) is 4.74 Å². The summed E-state index contributed by atoms with van der Waals surface area (Å²) in [4.78, 5) is 10.3. The summed E-state index contributed by atoms with van der Waals surface area (Å²) in [6, 6.07) is 9.75. The smallest absolute Gasteiger partial charge is 0.119 e. The van der Waals surface area contributed by atoms with Gasteiger partial charge in [-0.1, -0.05) is 24.3 Å². The number of para-hydroxylation sites is 1. The van der Waals surface area contributed by atoms with E-state index in [0.717, 1.165) is 25.0 Å². The number of benzene rings is 1. The Morgan fingerprint density at radius 2 is 2.07 bits per heavy atom. The molecular weight excluding hydrogens is 190 g/mol. The molecule has 0 fully saturated rings. The third-order valence-corrected chi connectivity index (χ3v) is 2.50. The Balaban J connectivity index is 1.93. The third kappa shape index (κ3) is 2.65. The minimum Gasteiger partial charge on any atom is -0.490 e. The Bertz CT molecular complexity index is 359. The van der Waals surface area contributed by atoms with Gasteiger partial charge in [0.1, 0.15) is 11.9 Å². The maximum absolute atomic E-state index is 10.3. The molecule has 0 saturated heterocycles. The highest BCUT2D eigenvalue weighted by Crippen LogP contribution is 2.23. The lowest BCUT2D eigenvalue weighted by atomic mass is 10.0. The minimum atomic E-state index is 0.179. The number of nitrogens with zero attached hydrogens (tertiary/aromatic N) is 1. The first-order valence-electron chi connectivity index (χ1n) is 5.12. The topological polar surface area (TPSA) is 38.7 Å². The van der Waals surface area contributed by atoms with Crippen molar-refractivity contribution in [3.05, 3.63) is 47.0 Å². The van der Waals surface area contributed by atoms with Gasteiger partial charge in [-0.2, -0.15) is 0 Å². The molecule has 1 unspecified atom stereocenters. The molecular formula is C12H13NO2. The standard InChI is InChI=1S/C12H13NO2/c14-13-10-6-8-12(9-7-10)15-11-4-2-1-3-5-11/h1-6,12H,7-9H2. The van der Waals surface area contributed by atoms with E-state index in [0.29, 0.717) is 5.70 Å².